The molecule has 0 saturated carbocycles. The minimum Gasteiger partial charge on any atom is -0.286 e. The first-order valence-electron chi connectivity index (χ1n) is 3.71. The van der Waals surface area contributed by atoms with Crippen molar-refractivity contribution in [2.24, 2.45) is 0 Å². The predicted molar refractivity (Wildman–Crippen MR) is 46.6 cm³/mol. The van der Waals surface area contributed by atoms with Crippen molar-refractivity contribution in [3.05, 3.63) is 35.9 Å². The second kappa shape index (κ2) is 4.33. The molecule has 0 saturated heterocycles. The summed E-state index contributed by atoms with van der Waals surface area (Å²) >= 11 is 0. The number of hydrogen-bond acceptors (Lipinski definition) is 2. The molecule has 0 radical (unpaired) electrons. The van der Waals surface area contributed by atoms with E-state index in [1.807, 2.05) is 26.1 Å². The number of hydrogen-bond donors (Lipinski definition) is 2. The molecular weight excluding hydrogens is 152 g/mol. The maximum Gasteiger partial charge on any atom is 0.0620 e. The summed E-state index contributed by atoms with van der Waals surface area (Å²) in [4.78, 5) is 0. The molecular formula is C8H12N4. The van der Waals surface area contributed by atoms with Crippen molar-refractivity contribution in [3.63, 3.8) is 0 Å². The Morgan fingerprint density at radius 2 is 2.08 bits per heavy atom. The van der Waals surface area contributed by atoms with Crippen LogP contribution in [0.1, 0.15) is 11.3 Å². The average Bonchev–Trinajstić information content (AvgIpc) is 2.67. The molecule has 0 aliphatic heterocycles. The van der Waals surface area contributed by atoms with Crippen molar-refractivity contribution in [3.8, 4) is 0 Å². The Labute approximate surface area is 71.0 Å². The Morgan fingerprint density at radius 1 is 1.25 bits per heavy atom. The quantitative estimate of drug-likeness (QED) is 0.619. The van der Waals surface area contributed by atoms with E-state index in [0.717, 1.165) is 5.69 Å². The molecule has 2 heterocycles. The van der Waals surface area contributed by atoms with Crippen LogP contribution in [0.25, 0.3) is 0 Å². The zero-order valence-corrected chi connectivity index (χ0v) is 7.20. The SMILES string of the molecule is Cc1c[nH]nc1C.c1cn[nH]c1. The molecule has 2 aromatic heterocycles. The molecule has 2 rings (SSSR count). The lowest BCUT2D eigenvalue weighted by atomic mass is 10.3. The van der Waals surface area contributed by atoms with Gasteiger partial charge in [-0.05, 0) is 25.5 Å². The Morgan fingerprint density at radius 3 is 2.25 bits per heavy atom. The van der Waals surface area contributed by atoms with Crippen molar-refractivity contribution in [1.29, 1.82) is 0 Å². The Hall–Kier alpha value is -1.58. The van der Waals surface area contributed by atoms with Crippen LogP contribution in [-0.2, 0) is 0 Å². The van der Waals surface area contributed by atoms with Gasteiger partial charge in [0, 0.05) is 18.6 Å². The highest BCUT2D eigenvalue weighted by Crippen LogP contribution is 1.96. The third-order valence-corrected chi connectivity index (χ3v) is 1.49. The van der Waals surface area contributed by atoms with Gasteiger partial charge in [-0.1, -0.05) is 0 Å². The van der Waals surface area contributed by atoms with E-state index in [4.69, 9.17) is 0 Å². The smallest absolute Gasteiger partial charge is 0.0620 e. The fraction of sp³-hybridized carbons (Fsp3) is 0.250. The minimum atomic E-state index is 1.08. The van der Waals surface area contributed by atoms with Gasteiger partial charge in [-0.25, -0.2) is 0 Å². The number of nitrogens with one attached hydrogen (secondary N) is 2. The lowest BCUT2D eigenvalue weighted by Gasteiger charge is -1.76. The van der Waals surface area contributed by atoms with E-state index >= 15 is 0 Å². The largest absolute Gasteiger partial charge is 0.286 e. The van der Waals surface area contributed by atoms with Crippen LogP contribution in [0.2, 0.25) is 0 Å². The maximum absolute atomic E-state index is 3.89. The van der Waals surface area contributed by atoms with Crippen LogP contribution >= 0.6 is 0 Å². The van der Waals surface area contributed by atoms with Crippen LogP contribution in [0.5, 0.6) is 0 Å². The molecule has 0 aliphatic carbocycles. The summed E-state index contributed by atoms with van der Waals surface area (Å²) in [7, 11) is 0. The summed E-state index contributed by atoms with van der Waals surface area (Å²) < 4.78 is 0. The van der Waals surface area contributed by atoms with Crippen LogP contribution in [-0.4, -0.2) is 20.4 Å². The van der Waals surface area contributed by atoms with Gasteiger partial charge in [0.2, 0.25) is 0 Å². The van der Waals surface area contributed by atoms with Crippen LogP contribution < -0.4 is 0 Å². The third-order valence-electron chi connectivity index (χ3n) is 1.49. The number of aromatic nitrogens is 4. The van der Waals surface area contributed by atoms with E-state index in [-0.39, 0.29) is 0 Å². The number of H-pyrrole nitrogens is 2. The summed E-state index contributed by atoms with van der Waals surface area (Å²) in [6.45, 7) is 4.00. The first kappa shape index (κ1) is 8.52. The fourth-order valence-corrected chi connectivity index (χ4v) is 0.634. The lowest BCUT2D eigenvalue weighted by Crippen LogP contribution is -1.70. The van der Waals surface area contributed by atoms with Crippen molar-refractivity contribution in [2.45, 2.75) is 13.8 Å². The highest BCUT2D eigenvalue weighted by molar-refractivity contribution is 5.10. The summed E-state index contributed by atoms with van der Waals surface area (Å²) in [6.07, 6.45) is 5.34. The van der Waals surface area contributed by atoms with Crippen molar-refractivity contribution in [2.75, 3.05) is 0 Å². The number of rotatable bonds is 0. The van der Waals surface area contributed by atoms with Gasteiger partial charge in [-0.2, -0.15) is 10.2 Å². The van der Waals surface area contributed by atoms with Crippen molar-refractivity contribution < 1.29 is 0 Å². The molecule has 4 heteroatoms. The molecule has 4 nitrogen and oxygen atoms in total. The van der Waals surface area contributed by atoms with Gasteiger partial charge in [-0.3, -0.25) is 10.2 Å². The van der Waals surface area contributed by atoms with E-state index in [2.05, 4.69) is 20.4 Å². The molecule has 0 aromatic carbocycles. The van der Waals surface area contributed by atoms with Crippen LogP contribution in [0.15, 0.2) is 24.7 Å². The second-order valence-corrected chi connectivity index (χ2v) is 2.42. The molecule has 0 aliphatic rings. The molecule has 2 aromatic rings. The molecule has 0 atom stereocenters. The first-order valence-corrected chi connectivity index (χ1v) is 3.71. The highest BCUT2D eigenvalue weighted by atomic mass is 15.1. The molecule has 0 fully saturated rings. The summed E-state index contributed by atoms with van der Waals surface area (Å²) in [5.41, 5.74) is 2.31. The van der Waals surface area contributed by atoms with Crippen molar-refractivity contribution >= 4 is 0 Å². The predicted octanol–water partition coefficient (Wildman–Crippen LogP) is 1.44. The molecule has 0 unspecified atom stereocenters. The second-order valence-electron chi connectivity index (χ2n) is 2.42. The Balaban J connectivity index is 0.000000127. The van der Waals surface area contributed by atoms with Crippen LogP contribution in [0.4, 0.5) is 0 Å². The lowest BCUT2D eigenvalue weighted by molar-refractivity contribution is 1.04. The number of nitrogens with zero attached hydrogens (tertiary/aromatic N) is 2. The molecule has 12 heavy (non-hydrogen) atoms. The van der Waals surface area contributed by atoms with E-state index in [9.17, 15) is 0 Å². The van der Waals surface area contributed by atoms with Crippen LogP contribution in [0, 0.1) is 13.8 Å². The van der Waals surface area contributed by atoms with Gasteiger partial charge in [-0.15, -0.1) is 0 Å². The number of aromatic amines is 2. The topological polar surface area (TPSA) is 57.4 Å². The first-order chi connectivity index (χ1) is 5.80. The zero-order valence-electron chi connectivity index (χ0n) is 7.20. The fourth-order valence-electron chi connectivity index (χ4n) is 0.634. The van der Waals surface area contributed by atoms with Gasteiger partial charge in [0.25, 0.3) is 0 Å². The van der Waals surface area contributed by atoms with E-state index in [1.165, 1.54) is 5.56 Å². The van der Waals surface area contributed by atoms with E-state index < -0.39 is 0 Å². The van der Waals surface area contributed by atoms with E-state index in [1.54, 1.807) is 12.4 Å². The highest BCUT2D eigenvalue weighted by Gasteiger charge is 1.87. The molecule has 2 N–H and O–H groups in total. The molecule has 0 amide bonds. The van der Waals surface area contributed by atoms with Gasteiger partial charge < -0.3 is 0 Å². The van der Waals surface area contributed by atoms with Gasteiger partial charge >= 0.3 is 0 Å². The molecule has 0 bridgehead atoms. The normalized spacial score (nSPS) is 8.83. The third kappa shape index (κ3) is 2.57. The Bertz CT molecular complexity index is 263. The minimum absolute atomic E-state index is 1.08. The van der Waals surface area contributed by atoms with Gasteiger partial charge in [0.1, 0.15) is 0 Å². The number of aryl methyl sites for hydroxylation is 2. The summed E-state index contributed by atoms with van der Waals surface area (Å²) in [5.74, 6) is 0. The zero-order chi connectivity index (χ0) is 8.81. The summed E-state index contributed by atoms with van der Waals surface area (Å²) in [6, 6.07) is 1.83. The van der Waals surface area contributed by atoms with E-state index in [0.29, 0.717) is 0 Å². The molecule has 64 valence electrons. The monoisotopic (exact) mass is 164 g/mol. The van der Waals surface area contributed by atoms with Crippen molar-refractivity contribution in [1.82, 2.24) is 20.4 Å². The summed E-state index contributed by atoms with van der Waals surface area (Å²) in [5, 5.41) is 12.8. The maximum atomic E-state index is 3.89. The van der Waals surface area contributed by atoms with Crippen LogP contribution in [0.3, 0.4) is 0 Å². The average molecular weight is 164 g/mol. The molecule has 0 spiro atoms. The standard InChI is InChI=1S/C5H8N2.C3H4N2/c1-4-3-6-7-5(4)2;1-2-4-5-3-1/h3H,1-2H3,(H,6,7);1-3H,(H,4,5). The van der Waals surface area contributed by atoms with Gasteiger partial charge in [0.15, 0.2) is 0 Å². The Kier molecular flexibility index (Phi) is 3.07. The van der Waals surface area contributed by atoms with Gasteiger partial charge in [0.05, 0.1) is 5.69 Å².